The molecule has 5 heteroatoms. The predicted molar refractivity (Wildman–Crippen MR) is 79.9 cm³/mol. The van der Waals surface area contributed by atoms with Crippen LogP contribution in [0.25, 0.3) is 10.2 Å². The fourth-order valence-electron chi connectivity index (χ4n) is 1.65. The van der Waals surface area contributed by atoms with E-state index in [-0.39, 0.29) is 0 Å². The molecule has 0 saturated heterocycles. The number of hydrogen-bond donors (Lipinski definition) is 0. The maximum absolute atomic E-state index is 4.54. The van der Waals surface area contributed by atoms with Crippen LogP contribution in [0.15, 0.2) is 53.8 Å². The number of anilines is 1. The van der Waals surface area contributed by atoms with E-state index in [1.807, 2.05) is 43.4 Å². The van der Waals surface area contributed by atoms with E-state index in [4.69, 9.17) is 0 Å². The molecule has 4 nitrogen and oxygen atoms in total. The van der Waals surface area contributed by atoms with Crippen LogP contribution in [0.4, 0.5) is 5.13 Å². The third-order valence-corrected chi connectivity index (χ3v) is 3.71. The largest absolute Gasteiger partial charge is 0.255 e. The fraction of sp³-hybridized carbons (Fsp3) is 0.0714. The molecule has 2 heterocycles. The zero-order valence-corrected chi connectivity index (χ0v) is 11.2. The first-order valence-electron chi connectivity index (χ1n) is 5.87. The smallest absolute Gasteiger partial charge is 0.206 e. The minimum atomic E-state index is 0.829. The first-order valence-corrected chi connectivity index (χ1v) is 6.69. The molecule has 2 aromatic heterocycles. The van der Waals surface area contributed by atoms with Crippen LogP contribution in [0.2, 0.25) is 0 Å². The van der Waals surface area contributed by atoms with Crippen molar-refractivity contribution in [3.8, 4) is 0 Å². The van der Waals surface area contributed by atoms with Gasteiger partial charge in [0.2, 0.25) is 5.13 Å². The molecule has 0 spiro atoms. The highest BCUT2D eigenvalue weighted by molar-refractivity contribution is 7.22. The number of hydrogen-bond acceptors (Lipinski definition) is 5. The summed E-state index contributed by atoms with van der Waals surface area (Å²) < 4.78 is 1.16. The number of pyridine rings is 1. The maximum Gasteiger partial charge on any atom is 0.206 e. The lowest BCUT2D eigenvalue weighted by Gasteiger charge is -2.06. The molecule has 0 bridgehead atoms. The van der Waals surface area contributed by atoms with E-state index < -0.39 is 0 Å². The van der Waals surface area contributed by atoms with Gasteiger partial charge in [0, 0.05) is 13.2 Å². The average Bonchev–Trinajstić information content (AvgIpc) is 2.90. The summed E-state index contributed by atoms with van der Waals surface area (Å²) in [6.07, 6.45) is 3.48. The van der Waals surface area contributed by atoms with E-state index in [0.717, 1.165) is 21.0 Å². The van der Waals surface area contributed by atoms with Crippen molar-refractivity contribution in [3.05, 3.63) is 54.4 Å². The first kappa shape index (κ1) is 11.8. The summed E-state index contributed by atoms with van der Waals surface area (Å²) >= 11 is 1.62. The number of para-hydroxylation sites is 1. The Morgan fingerprint density at radius 3 is 2.79 bits per heavy atom. The number of rotatable bonds is 3. The summed E-state index contributed by atoms with van der Waals surface area (Å²) in [5, 5.41) is 6.99. The minimum absolute atomic E-state index is 0.829. The molecule has 0 aliphatic rings. The molecular formula is C14H12N4S. The van der Waals surface area contributed by atoms with Crippen LogP contribution < -0.4 is 5.01 Å². The second kappa shape index (κ2) is 5.16. The summed E-state index contributed by atoms with van der Waals surface area (Å²) in [4.78, 5) is 8.73. The van der Waals surface area contributed by atoms with Gasteiger partial charge in [-0.05, 0) is 24.3 Å². The molecule has 19 heavy (non-hydrogen) atoms. The molecule has 0 saturated carbocycles. The number of aromatic nitrogens is 2. The molecule has 3 aromatic rings. The highest BCUT2D eigenvalue weighted by Gasteiger charge is 2.06. The summed E-state index contributed by atoms with van der Waals surface area (Å²) in [5.74, 6) is 0. The third-order valence-electron chi connectivity index (χ3n) is 2.61. The zero-order valence-electron chi connectivity index (χ0n) is 10.4. The molecule has 1 aromatic carbocycles. The molecule has 94 valence electrons. The molecule has 3 rings (SSSR count). The molecule has 0 fully saturated rings. The Bertz CT molecular complexity index is 673. The Morgan fingerprint density at radius 2 is 2.00 bits per heavy atom. The van der Waals surface area contributed by atoms with Crippen molar-refractivity contribution in [2.45, 2.75) is 0 Å². The number of thiazole rings is 1. The van der Waals surface area contributed by atoms with Gasteiger partial charge < -0.3 is 0 Å². The van der Waals surface area contributed by atoms with Gasteiger partial charge in [0.05, 0.1) is 22.1 Å². The molecule has 0 radical (unpaired) electrons. The van der Waals surface area contributed by atoms with E-state index in [1.54, 1.807) is 28.8 Å². The minimum Gasteiger partial charge on any atom is -0.255 e. The van der Waals surface area contributed by atoms with Gasteiger partial charge in [0.15, 0.2) is 0 Å². The van der Waals surface area contributed by atoms with Gasteiger partial charge in [-0.25, -0.2) is 9.99 Å². The Morgan fingerprint density at radius 1 is 1.16 bits per heavy atom. The summed E-state index contributed by atoms with van der Waals surface area (Å²) in [5.41, 5.74) is 1.83. The standard InChI is InChI=1S/C14H12N4S/c1-18(16-10-11-6-4-5-9-15-11)14-17-12-7-2-3-8-13(12)19-14/h2-10H,1H3/b16-10+. The summed E-state index contributed by atoms with van der Waals surface area (Å²) in [6, 6.07) is 13.8. The van der Waals surface area contributed by atoms with Crippen molar-refractivity contribution in [3.63, 3.8) is 0 Å². The van der Waals surface area contributed by atoms with Crippen molar-refractivity contribution in [1.82, 2.24) is 9.97 Å². The van der Waals surface area contributed by atoms with Crippen LogP contribution in [0.5, 0.6) is 0 Å². The predicted octanol–water partition coefficient (Wildman–Crippen LogP) is 3.16. The molecule has 0 atom stereocenters. The van der Waals surface area contributed by atoms with Crippen molar-refractivity contribution < 1.29 is 0 Å². The topological polar surface area (TPSA) is 41.4 Å². The Kier molecular flexibility index (Phi) is 3.20. The quantitative estimate of drug-likeness (QED) is 0.541. The summed E-state index contributed by atoms with van der Waals surface area (Å²) in [7, 11) is 1.89. The van der Waals surface area contributed by atoms with Gasteiger partial charge >= 0.3 is 0 Å². The maximum atomic E-state index is 4.54. The summed E-state index contributed by atoms with van der Waals surface area (Å²) in [6.45, 7) is 0. The zero-order chi connectivity index (χ0) is 13.1. The molecule has 0 N–H and O–H groups in total. The van der Waals surface area contributed by atoms with E-state index in [2.05, 4.69) is 21.1 Å². The normalized spacial score (nSPS) is 11.2. The van der Waals surface area contributed by atoms with Crippen molar-refractivity contribution >= 4 is 32.9 Å². The van der Waals surface area contributed by atoms with Crippen molar-refractivity contribution in [1.29, 1.82) is 0 Å². The lowest BCUT2D eigenvalue weighted by molar-refractivity contribution is 1.01. The second-order valence-electron chi connectivity index (χ2n) is 3.99. The number of nitrogens with zero attached hydrogens (tertiary/aromatic N) is 4. The molecule has 0 aliphatic carbocycles. The van der Waals surface area contributed by atoms with E-state index in [1.165, 1.54) is 0 Å². The van der Waals surface area contributed by atoms with Crippen LogP contribution in [-0.4, -0.2) is 23.2 Å². The highest BCUT2D eigenvalue weighted by Crippen LogP contribution is 2.27. The molecule has 0 aliphatic heterocycles. The van der Waals surface area contributed by atoms with Gasteiger partial charge in [-0.1, -0.05) is 29.5 Å². The Labute approximate surface area is 115 Å². The van der Waals surface area contributed by atoms with Gasteiger partial charge in [-0.2, -0.15) is 5.10 Å². The van der Waals surface area contributed by atoms with Gasteiger partial charge in [0.1, 0.15) is 0 Å². The van der Waals surface area contributed by atoms with Crippen LogP contribution >= 0.6 is 11.3 Å². The van der Waals surface area contributed by atoms with Crippen molar-refractivity contribution in [2.24, 2.45) is 5.10 Å². The second-order valence-corrected chi connectivity index (χ2v) is 5.00. The third kappa shape index (κ3) is 2.61. The van der Waals surface area contributed by atoms with E-state index in [0.29, 0.717) is 0 Å². The van der Waals surface area contributed by atoms with E-state index in [9.17, 15) is 0 Å². The average molecular weight is 268 g/mol. The van der Waals surface area contributed by atoms with Gasteiger partial charge in [-0.15, -0.1) is 0 Å². The molecular weight excluding hydrogens is 256 g/mol. The SMILES string of the molecule is CN(/N=C/c1ccccn1)c1nc2ccccc2s1. The number of hydrazone groups is 1. The van der Waals surface area contributed by atoms with Crippen molar-refractivity contribution in [2.75, 3.05) is 12.1 Å². The first-order chi connectivity index (χ1) is 9.33. The lowest BCUT2D eigenvalue weighted by Crippen LogP contribution is -2.08. The van der Waals surface area contributed by atoms with Crippen LogP contribution in [0, 0.1) is 0 Å². The Hall–Kier alpha value is -2.27. The highest BCUT2D eigenvalue weighted by atomic mass is 32.1. The number of benzene rings is 1. The van der Waals surface area contributed by atoms with Gasteiger partial charge in [-0.3, -0.25) is 4.98 Å². The van der Waals surface area contributed by atoms with Crippen LogP contribution in [0.1, 0.15) is 5.69 Å². The molecule has 0 amide bonds. The van der Waals surface area contributed by atoms with Crippen LogP contribution in [-0.2, 0) is 0 Å². The Balaban J connectivity index is 1.84. The number of fused-ring (bicyclic) bond motifs is 1. The van der Waals surface area contributed by atoms with Gasteiger partial charge in [0.25, 0.3) is 0 Å². The molecule has 0 unspecified atom stereocenters. The fourth-order valence-corrected chi connectivity index (χ4v) is 2.53. The lowest BCUT2D eigenvalue weighted by atomic mass is 10.3. The monoisotopic (exact) mass is 268 g/mol. The van der Waals surface area contributed by atoms with Crippen LogP contribution in [0.3, 0.4) is 0 Å². The van der Waals surface area contributed by atoms with E-state index >= 15 is 0 Å².